The lowest BCUT2D eigenvalue weighted by Gasteiger charge is -2.36. The smallest absolute Gasteiger partial charge is 0.338 e. The van der Waals surface area contributed by atoms with E-state index in [2.05, 4.69) is 10.3 Å². The number of nitrogens with zero attached hydrogens (tertiary/aromatic N) is 2. The number of furan rings is 1. The zero-order chi connectivity index (χ0) is 28.1. The Bertz CT molecular complexity index is 1480. The van der Waals surface area contributed by atoms with Crippen LogP contribution < -0.4 is 14.8 Å². The maximum absolute atomic E-state index is 13.0. The van der Waals surface area contributed by atoms with Gasteiger partial charge >= 0.3 is 5.97 Å². The highest BCUT2D eigenvalue weighted by atomic mass is 32.2. The van der Waals surface area contributed by atoms with Gasteiger partial charge in [-0.1, -0.05) is 48.2 Å². The van der Waals surface area contributed by atoms with Gasteiger partial charge in [0.25, 0.3) is 0 Å². The Morgan fingerprint density at radius 3 is 2.62 bits per heavy atom. The number of rotatable bonds is 10. The largest absolute Gasteiger partial charge is 0.493 e. The van der Waals surface area contributed by atoms with Crippen LogP contribution in [-0.4, -0.2) is 36.2 Å². The van der Waals surface area contributed by atoms with E-state index >= 15 is 0 Å². The molecule has 0 spiro atoms. The summed E-state index contributed by atoms with van der Waals surface area (Å²) in [7, 11) is 2.92. The van der Waals surface area contributed by atoms with Crippen molar-refractivity contribution in [2.75, 3.05) is 14.2 Å². The van der Waals surface area contributed by atoms with E-state index in [4.69, 9.17) is 18.6 Å². The van der Waals surface area contributed by atoms with E-state index in [-0.39, 0.29) is 18.9 Å². The maximum Gasteiger partial charge on any atom is 0.338 e. The summed E-state index contributed by atoms with van der Waals surface area (Å²) in [6, 6.07) is 18.4. The highest BCUT2D eigenvalue weighted by Gasteiger charge is 2.41. The van der Waals surface area contributed by atoms with E-state index in [1.807, 2.05) is 58.8 Å². The molecule has 0 saturated heterocycles. The predicted molar refractivity (Wildman–Crippen MR) is 151 cm³/mol. The molecule has 0 fully saturated rings. The first-order chi connectivity index (χ1) is 19.5. The molecule has 1 atom stereocenters. The van der Waals surface area contributed by atoms with Crippen molar-refractivity contribution in [3.8, 4) is 11.5 Å². The minimum atomic E-state index is -0.587. The van der Waals surface area contributed by atoms with Gasteiger partial charge in [-0.25, -0.2) is 9.79 Å². The lowest BCUT2D eigenvalue weighted by Crippen LogP contribution is -2.37. The number of carbonyl (C=O) groups excluding carboxylic acids is 2. The zero-order valence-electron chi connectivity index (χ0n) is 22.4. The molecule has 3 heterocycles. The van der Waals surface area contributed by atoms with Gasteiger partial charge in [0, 0.05) is 5.70 Å². The van der Waals surface area contributed by atoms with Crippen LogP contribution in [0.1, 0.15) is 36.3 Å². The first-order valence-electron chi connectivity index (χ1n) is 12.6. The number of nitrogens with one attached hydrogen (secondary N) is 1. The van der Waals surface area contributed by atoms with Crippen LogP contribution in [0.15, 0.2) is 98.7 Å². The van der Waals surface area contributed by atoms with E-state index < -0.39 is 12.0 Å². The number of benzene rings is 2. The molecular weight excluding hydrogens is 530 g/mol. The van der Waals surface area contributed by atoms with Crippen LogP contribution in [0.25, 0.3) is 0 Å². The number of methoxy groups -OCH3 is 2. The minimum absolute atomic E-state index is 0.0894. The second-order valence-corrected chi connectivity index (χ2v) is 9.94. The number of thioether (sulfide) groups is 1. The summed E-state index contributed by atoms with van der Waals surface area (Å²) < 4.78 is 22.2. The normalized spacial score (nSPS) is 16.2. The van der Waals surface area contributed by atoms with Crippen molar-refractivity contribution in [3.05, 3.63) is 106 Å². The molecule has 2 aliphatic heterocycles. The number of amidine groups is 1. The van der Waals surface area contributed by atoms with Gasteiger partial charge in [0.15, 0.2) is 16.7 Å². The van der Waals surface area contributed by atoms with Gasteiger partial charge in [-0.15, -0.1) is 0 Å². The van der Waals surface area contributed by atoms with E-state index in [9.17, 15) is 9.59 Å². The molecule has 206 valence electrons. The molecule has 0 bridgehead atoms. The topological polar surface area (TPSA) is 103 Å². The summed E-state index contributed by atoms with van der Waals surface area (Å²) in [5.41, 5.74) is 3.44. The Hall–Kier alpha value is -4.44. The van der Waals surface area contributed by atoms with Gasteiger partial charge in [0.05, 0.1) is 50.8 Å². The van der Waals surface area contributed by atoms with Crippen molar-refractivity contribution in [2.24, 2.45) is 4.99 Å². The van der Waals surface area contributed by atoms with Crippen molar-refractivity contribution in [2.45, 2.75) is 32.5 Å². The lowest BCUT2D eigenvalue weighted by molar-refractivity contribution is -0.136. The predicted octanol–water partition coefficient (Wildman–Crippen LogP) is 5.32. The second-order valence-electron chi connectivity index (χ2n) is 9.10. The summed E-state index contributed by atoms with van der Waals surface area (Å²) in [4.78, 5) is 32.5. The Balaban J connectivity index is 1.43. The number of ether oxygens (including phenoxy) is 3. The average molecular weight is 560 g/mol. The standard InChI is InChI=1S/C30H29N3O6S/c1-19-27(29(35)37-3)28(21-11-12-24(25(14-21)36-2)39-17-20-8-5-4-6-9-20)33-22(18-40-30(33)32-19)15-26(34)31-16-23-10-7-13-38-23/h4-14,18,28H,15-17H2,1-3H3,(H,31,34)/t28-/m0/s1. The minimum Gasteiger partial charge on any atom is -0.493 e. The summed E-state index contributed by atoms with van der Waals surface area (Å²) in [5, 5.41) is 5.44. The molecule has 2 aliphatic rings. The van der Waals surface area contributed by atoms with Gasteiger partial charge in [-0.2, -0.15) is 0 Å². The van der Waals surface area contributed by atoms with Crippen LogP contribution in [0.5, 0.6) is 11.5 Å². The van der Waals surface area contributed by atoms with Crippen molar-refractivity contribution in [1.29, 1.82) is 0 Å². The number of aliphatic imine (C=N–C) groups is 1. The molecule has 0 radical (unpaired) electrons. The Labute approximate surface area is 236 Å². The third kappa shape index (κ3) is 5.76. The molecule has 1 N–H and O–H groups in total. The van der Waals surface area contributed by atoms with Crippen molar-refractivity contribution >= 4 is 28.8 Å². The SMILES string of the molecule is COC(=O)C1=C(C)N=C2SC=C(CC(=O)NCc3ccco3)N2[C@H]1c1ccc(OCc2ccccc2)c(OC)c1. The zero-order valence-corrected chi connectivity index (χ0v) is 23.2. The summed E-state index contributed by atoms with van der Waals surface area (Å²) >= 11 is 1.41. The fraction of sp³-hybridized carbons (Fsp3) is 0.233. The summed E-state index contributed by atoms with van der Waals surface area (Å²) in [6.45, 7) is 2.45. The first kappa shape index (κ1) is 27.1. The van der Waals surface area contributed by atoms with E-state index in [0.717, 1.165) is 11.1 Å². The number of hydrogen-bond donors (Lipinski definition) is 1. The fourth-order valence-corrected chi connectivity index (χ4v) is 5.56. The van der Waals surface area contributed by atoms with Crippen molar-refractivity contribution in [1.82, 2.24) is 10.2 Å². The number of amides is 1. The number of hydrogen-bond acceptors (Lipinski definition) is 9. The molecular formula is C30H29N3O6S. The molecule has 0 unspecified atom stereocenters. The third-order valence-electron chi connectivity index (χ3n) is 6.53. The average Bonchev–Trinajstić information content (AvgIpc) is 3.64. The quantitative estimate of drug-likeness (QED) is 0.333. The second kappa shape index (κ2) is 12.2. The first-order valence-corrected chi connectivity index (χ1v) is 13.5. The van der Waals surface area contributed by atoms with Gasteiger partial charge < -0.3 is 28.8 Å². The molecule has 40 heavy (non-hydrogen) atoms. The van der Waals surface area contributed by atoms with Crippen LogP contribution in [0.4, 0.5) is 0 Å². The number of esters is 1. The monoisotopic (exact) mass is 559 g/mol. The Morgan fingerprint density at radius 1 is 1.07 bits per heavy atom. The van der Waals surface area contributed by atoms with Crippen molar-refractivity contribution < 1.29 is 28.2 Å². The van der Waals surface area contributed by atoms with E-state index in [0.29, 0.717) is 46.0 Å². The molecule has 2 aromatic carbocycles. The maximum atomic E-state index is 13.0. The highest BCUT2D eigenvalue weighted by molar-refractivity contribution is 8.16. The molecule has 0 aliphatic carbocycles. The van der Waals surface area contributed by atoms with Crippen LogP contribution in [0.2, 0.25) is 0 Å². The van der Waals surface area contributed by atoms with Crippen LogP contribution in [0, 0.1) is 0 Å². The van der Waals surface area contributed by atoms with Gasteiger partial charge in [0.2, 0.25) is 5.91 Å². The molecule has 1 aromatic heterocycles. The Morgan fingerprint density at radius 2 is 1.90 bits per heavy atom. The van der Waals surface area contributed by atoms with E-state index in [1.54, 1.807) is 32.4 Å². The third-order valence-corrected chi connectivity index (χ3v) is 7.42. The summed E-state index contributed by atoms with van der Waals surface area (Å²) in [5.74, 6) is 1.08. The number of carbonyl (C=O) groups is 2. The van der Waals surface area contributed by atoms with Gasteiger partial charge in [-0.3, -0.25) is 4.79 Å². The van der Waals surface area contributed by atoms with Crippen LogP contribution in [0.3, 0.4) is 0 Å². The lowest BCUT2D eigenvalue weighted by atomic mass is 9.93. The molecule has 5 rings (SSSR count). The molecule has 10 heteroatoms. The number of allylic oxidation sites excluding steroid dienone is 1. The Kier molecular flexibility index (Phi) is 8.26. The van der Waals surface area contributed by atoms with Gasteiger partial charge in [0.1, 0.15) is 12.4 Å². The molecule has 9 nitrogen and oxygen atoms in total. The molecule has 0 saturated carbocycles. The van der Waals surface area contributed by atoms with Crippen molar-refractivity contribution in [3.63, 3.8) is 0 Å². The van der Waals surface area contributed by atoms with E-state index in [1.165, 1.54) is 18.9 Å². The van der Waals surface area contributed by atoms with Crippen LogP contribution >= 0.6 is 11.8 Å². The molecule has 1 amide bonds. The molecule has 3 aromatic rings. The van der Waals surface area contributed by atoms with Gasteiger partial charge in [-0.05, 0) is 47.7 Å². The highest BCUT2D eigenvalue weighted by Crippen LogP contribution is 2.46. The summed E-state index contributed by atoms with van der Waals surface area (Å²) in [6.07, 6.45) is 1.65. The number of fused-ring (bicyclic) bond motifs is 1. The van der Waals surface area contributed by atoms with Crippen LogP contribution in [-0.2, 0) is 27.5 Å². The fourth-order valence-electron chi connectivity index (χ4n) is 4.59.